The molecule has 0 atom stereocenters. The molecule has 7 heteroatoms. The molecule has 0 bridgehead atoms. The molecule has 0 aromatic heterocycles. The van der Waals surface area contributed by atoms with Crippen LogP contribution in [0.25, 0.3) is 0 Å². The van der Waals surface area contributed by atoms with E-state index in [1.807, 2.05) is 6.92 Å². The number of rotatable bonds is 5. The van der Waals surface area contributed by atoms with E-state index in [0.717, 1.165) is 0 Å². The second-order valence-electron chi connectivity index (χ2n) is 5.28. The Morgan fingerprint density at radius 1 is 1.27 bits per heavy atom. The van der Waals surface area contributed by atoms with Crippen molar-refractivity contribution in [3.63, 3.8) is 0 Å². The number of nitrogens with zero attached hydrogens (tertiary/aromatic N) is 1. The molecule has 1 aliphatic rings. The van der Waals surface area contributed by atoms with Crippen molar-refractivity contribution in [3.8, 4) is 5.75 Å². The molecule has 1 fully saturated rings. The van der Waals surface area contributed by atoms with Gasteiger partial charge >= 0.3 is 0 Å². The smallest absolute Gasteiger partial charge is 0.243 e. The molecule has 1 saturated heterocycles. The number of amides is 1. The summed E-state index contributed by atoms with van der Waals surface area (Å²) in [6, 6.07) is 6.53. The van der Waals surface area contributed by atoms with Crippen molar-refractivity contribution in [2.75, 3.05) is 19.7 Å². The number of hydrogen-bond acceptors (Lipinski definition) is 4. The maximum absolute atomic E-state index is 12.6. The van der Waals surface area contributed by atoms with Gasteiger partial charge in [-0.05, 0) is 44.0 Å². The van der Waals surface area contributed by atoms with Crippen LogP contribution in [0.2, 0.25) is 0 Å². The van der Waals surface area contributed by atoms with Gasteiger partial charge in [-0.3, -0.25) is 4.79 Å². The third-order valence-corrected chi connectivity index (χ3v) is 5.55. The molecule has 1 aromatic carbocycles. The molecule has 22 heavy (non-hydrogen) atoms. The third-order valence-electron chi connectivity index (χ3n) is 3.63. The summed E-state index contributed by atoms with van der Waals surface area (Å²) in [5, 5.41) is 2.84. The lowest BCUT2D eigenvalue weighted by Crippen LogP contribution is -2.45. The van der Waals surface area contributed by atoms with Crippen LogP contribution in [0, 0.1) is 0 Å². The van der Waals surface area contributed by atoms with Crippen molar-refractivity contribution in [1.82, 2.24) is 9.62 Å². The highest BCUT2D eigenvalue weighted by atomic mass is 32.2. The predicted molar refractivity (Wildman–Crippen MR) is 83.2 cm³/mol. The van der Waals surface area contributed by atoms with Crippen LogP contribution in [-0.4, -0.2) is 44.4 Å². The highest BCUT2D eigenvalue weighted by Gasteiger charge is 2.29. The highest BCUT2D eigenvalue weighted by Crippen LogP contribution is 2.22. The minimum absolute atomic E-state index is 0.0595. The Bertz CT molecular complexity index is 605. The van der Waals surface area contributed by atoms with E-state index < -0.39 is 10.0 Å². The van der Waals surface area contributed by atoms with Gasteiger partial charge in [0.15, 0.2) is 0 Å². The number of hydrogen-bond donors (Lipinski definition) is 1. The molecule has 1 aliphatic heterocycles. The number of carbonyl (C=O) groups is 1. The molecule has 6 nitrogen and oxygen atoms in total. The van der Waals surface area contributed by atoms with Crippen LogP contribution in [-0.2, 0) is 14.8 Å². The summed E-state index contributed by atoms with van der Waals surface area (Å²) in [7, 11) is -3.48. The Morgan fingerprint density at radius 3 is 2.36 bits per heavy atom. The van der Waals surface area contributed by atoms with Crippen molar-refractivity contribution < 1.29 is 17.9 Å². The number of ether oxygens (including phenoxy) is 1. The number of sulfonamides is 1. The van der Waals surface area contributed by atoms with Gasteiger partial charge in [0.05, 0.1) is 11.5 Å². The zero-order chi connectivity index (χ0) is 16.2. The van der Waals surface area contributed by atoms with E-state index in [4.69, 9.17) is 4.74 Å². The Kier molecular flexibility index (Phi) is 5.42. The van der Waals surface area contributed by atoms with E-state index in [2.05, 4.69) is 5.32 Å². The SMILES string of the molecule is CCOc1ccc(S(=O)(=O)N2CCC(NC(C)=O)CC2)cc1. The Hall–Kier alpha value is -1.60. The first-order valence-electron chi connectivity index (χ1n) is 7.43. The van der Waals surface area contributed by atoms with Crippen molar-refractivity contribution >= 4 is 15.9 Å². The predicted octanol–water partition coefficient (Wildman–Crippen LogP) is 1.37. The minimum atomic E-state index is -3.48. The fourth-order valence-electron chi connectivity index (χ4n) is 2.55. The van der Waals surface area contributed by atoms with Crippen molar-refractivity contribution in [1.29, 1.82) is 0 Å². The summed E-state index contributed by atoms with van der Waals surface area (Å²) in [6.45, 7) is 4.73. The molecule has 1 amide bonds. The fourth-order valence-corrected chi connectivity index (χ4v) is 4.02. The molecule has 2 rings (SSSR count). The van der Waals surface area contributed by atoms with Gasteiger partial charge in [0.2, 0.25) is 15.9 Å². The average molecular weight is 326 g/mol. The van der Waals surface area contributed by atoms with E-state index >= 15 is 0 Å². The zero-order valence-corrected chi connectivity index (χ0v) is 13.7. The van der Waals surface area contributed by atoms with Gasteiger partial charge in [0.25, 0.3) is 0 Å². The summed E-state index contributed by atoms with van der Waals surface area (Å²) >= 11 is 0. The summed E-state index contributed by atoms with van der Waals surface area (Å²) in [5.74, 6) is 0.582. The van der Waals surface area contributed by atoms with Gasteiger partial charge in [-0.2, -0.15) is 4.31 Å². The summed E-state index contributed by atoms with van der Waals surface area (Å²) in [6.07, 6.45) is 1.27. The lowest BCUT2D eigenvalue weighted by atomic mass is 10.1. The molecule has 1 heterocycles. The number of nitrogens with one attached hydrogen (secondary N) is 1. The summed E-state index contributed by atoms with van der Waals surface area (Å²) < 4.78 is 32.0. The van der Waals surface area contributed by atoms with Crippen LogP contribution in [0.1, 0.15) is 26.7 Å². The number of carbonyl (C=O) groups excluding carboxylic acids is 1. The first-order valence-corrected chi connectivity index (χ1v) is 8.87. The molecular formula is C15H22N2O4S. The molecular weight excluding hydrogens is 304 g/mol. The van der Waals surface area contributed by atoms with Crippen molar-refractivity contribution in [2.45, 2.75) is 37.6 Å². The van der Waals surface area contributed by atoms with Gasteiger partial charge in [-0.1, -0.05) is 0 Å². The molecule has 122 valence electrons. The van der Waals surface area contributed by atoms with Gasteiger partial charge in [-0.15, -0.1) is 0 Å². The normalized spacial score (nSPS) is 17.2. The summed E-state index contributed by atoms with van der Waals surface area (Å²) in [5.41, 5.74) is 0. The maximum atomic E-state index is 12.6. The van der Waals surface area contributed by atoms with Crippen LogP contribution < -0.4 is 10.1 Å². The highest BCUT2D eigenvalue weighted by molar-refractivity contribution is 7.89. The fraction of sp³-hybridized carbons (Fsp3) is 0.533. The molecule has 0 aliphatic carbocycles. The van der Waals surface area contributed by atoms with Crippen LogP contribution in [0.5, 0.6) is 5.75 Å². The maximum Gasteiger partial charge on any atom is 0.243 e. The first-order chi connectivity index (χ1) is 10.4. The number of piperidine rings is 1. The second-order valence-corrected chi connectivity index (χ2v) is 7.22. The Morgan fingerprint density at radius 2 is 1.86 bits per heavy atom. The van der Waals surface area contributed by atoms with Crippen LogP contribution >= 0.6 is 0 Å². The molecule has 0 radical (unpaired) electrons. The van der Waals surface area contributed by atoms with E-state index in [0.29, 0.717) is 38.3 Å². The minimum Gasteiger partial charge on any atom is -0.494 e. The van der Waals surface area contributed by atoms with E-state index in [1.165, 1.54) is 11.2 Å². The van der Waals surface area contributed by atoms with Crippen LogP contribution in [0.15, 0.2) is 29.2 Å². The van der Waals surface area contributed by atoms with Gasteiger partial charge in [-0.25, -0.2) is 8.42 Å². The van der Waals surface area contributed by atoms with Crippen molar-refractivity contribution in [2.24, 2.45) is 0 Å². The Balaban J connectivity index is 2.03. The molecule has 1 aromatic rings. The molecule has 0 saturated carbocycles. The topological polar surface area (TPSA) is 75.7 Å². The molecule has 0 spiro atoms. The van der Waals surface area contributed by atoms with E-state index in [1.54, 1.807) is 24.3 Å². The molecule has 0 unspecified atom stereocenters. The lowest BCUT2D eigenvalue weighted by molar-refractivity contribution is -0.119. The Labute approximate surface area is 131 Å². The van der Waals surface area contributed by atoms with E-state index in [9.17, 15) is 13.2 Å². The summed E-state index contributed by atoms with van der Waals surface area (Å²) in [4.78, 5) is 11.3. The van der Waals surface area contributed by atoms with E-state index in [-0.39, 0.29) is 16.8 Å². The third kappa shape index (κ3) is 3.98. The second kappa shape index (κ2) is 7.11. The standard InChI is InChI=1S/C15H22N2O4S/c1-3-21-14-4-6-15(7-5-14)22(19,20)17-10-8-13(9-11-17)16-12(2)18/h4-7,13H,3,8-11H2,1-2H3,(H,16,18). The van der Waals surface area contributed by atoms with Crippen LogP contribution in [0.3, 0.4) is 0 Å². The van der Waals surface area contributed by atoms with Gasteiger partial charge in [0, 0.05) is 26.1 Å². The number of benzene rings is 1. The monoisotopic (exact) mass is 326 g/mol. The molecule has 1 N–H and O–H groups in total. The average Bonchev–Trinajstić information content (AvgIpc) is 2.48. The zero-order valence-electron chi connectivity index (χ0n) is 12.9. The van der Waals surface area contributed by atoms with Gasteiger partial charge in [0.1, 0.15) is 5.75 Å². The first kappa shape index (κ1) is 16.8. The van der Waals surface area contributed by atoms with Crippen LogP contribution in [0.4, 0.5) is 0 Å². The quantitative estimate of drug-likeness (QED) is 0.887. The van der Waals surface area contributed by atoms with Crippen molar-refractivity contribution in [3.05, 3.63) is 24.3 Å². The van der Waals surface area contributed by atoms with Gasteiger partial charge < -0.3 is 10.1 Å². The lowest BCUT2D eigenvalue weighted by Gasteiger charge is -2.31. The largest absolute Gasteiger partial charge is 0.494 e.